The average Bonchev–Trinajstić information content (AvgIpc) is 2.20. The summed E-state index contributed by atoms with van der Waals surface area (Å²) in [7, 11) is 0. The predicted octanol–water partition coefficient (Wildman–Crippen LogP) is 1.74. The molecule has 0 unspecified atom stereocenters. The van der Waals surface area contributed by atoms with E-state index in [1.807, 2.05) is 20.0 Å². The van der Waals surface area contributed by atoms with Gasteiger partial charge >= 0.3 is 0 Å². The molecule has 15 heavy (non-hydrogen) atoms. The van der Waals surface area contributed by atoms with Crippen molar-refractivity contribution in [3.8, 4) is 11.5 Å². The van der Waals surface area contributed by atoms with E-state index in [0.717, 1.165) is 16.8 Å². The molecular formula is C11H12N4. The number of nitrogens with two attached hydrogens (primary N) is 1. The molecule has 4 heteroatoms. The lowest BCUT2D eigenvalue weighted by molar-refractivity contribution is 1.12. The largest absolute Gasteiger partial charge is 0.396 e. The molecule has 4 nitrogen and oxygen atoms in total. The predicted molar refractivity (Wildman–Crippen MR) is 59.1 cm³/mol. The van der Waals surface area contributed by atoms with Crippen LogP contribution in [0, 0.1) is 13.8 Å². The van der Waals surface area contributed by atoms with Gasteiger partial charge in [-0.3, -0.25) is 4.98 Å². The minimum atomic E-state index is 0.559. The second-order valence-corrected chi connectivity index (χ2v) is 3.52. The van der Waals surface area contributed by atoms with E-state index in [1.54, 1.807) is 12.4 Å². The van der Waals surface area contributed by atoms with Gasteiger partial charge in [0.05, 0.1) is 18.1 Å². The average molecular weight is 200 g/mol. The molecule has 0 amide bonds. The molecule has 0 spiro atoms. The summed E-state index contributed by atoms with van der Waals surface area (Å²) in [4.78, 5) is 12.6. The zero-order valence-electron chi connectivity index (χ0n) is 8.73. The van der Waals surface area contributed by atoms with Crippen molar-refractivity contribution in [1.82, 2.24) is 15.0 Å². The first-order chi connectivity index (χ1) is 7.16. The molecule has 2 N–H and O–H groups in total. The first kappa shape index (κ1) is 9.58. The molecule has 0 atom stereocenters. The van der Waals surface area contributed by atoms with Crippen molar-refractivity contribution in [2.24, 2.45) is 0 Å². The van der Waals surface area contributed by atoms with Crippen LogP contribution in [0.2, 0.25) is 0 Å². The standard InChI is InChI=1S/C11H12N4/c1-7-3-8(2)10(13-4-7)11-14-5-9(12)6-15-11/h3-6H,12H2,1-2H3. The monoisotopic (exact) mass is 200 g/mol. The Morgan fingerprint density at radius 1 is 1.00 bits per heavy atom. The summed E-state index contributed by atoms with van der Waals surface area (Å²) in [5, 5.41) is 0. The number of anilines is 1. The highest BCUT2D eigenvalue weighted by molar-refractivity contribution is 5.55. The van der Waals surface area contributed by atoms with E-state index in [1.165, 1.54) is 0 Å². The van der Waals surface area contributed by atoms with Crippen molar-refractivity contribution >= 4 is 5.69 Å². The van der Waals surface area contributed by atoms with Crippen molar-refractivity contribution in [2.75, 3.05) is 5.73 Å². The highest BCUT2D eigenvalue weighted by Gasteiger charge is 2.05. The van der Waals surface area contributed by atoms with E-state index in [4.69, 9.17) is 5.73 Å². The Balaban J connectivity index is 2.49. The van der Waals surface area contributed by atoms with Gasteiger partial charge in [0.2, 0.25) is 0 Å². The van der Waals surface area contributed by atoms with Gasteiger partial charge in [-0.2, -0.15) is 0 Å². The van der Waals surface area contributed by atoms with Crippen LogP contribution in [0.3, 0.4) is 0 Å². The van der Waals surface area contributed by atoms with Gasteiger partial charge in [0.15, 0.2) is 5.82 Å². The number of nitrogens with zero attached hydrogens (tertiary/aromatic N) is 3. The SMILES string of the molecule is Cc1cnc(-c2ncc(N)cn2)c(C)c1. The fourth-order valence-corrected chi connectivity index (χ4v) is 1.41. The van der Waals surface area contributed by atoms with Crippen molar-refractivity contribution in [2.45, 2.75) is 13.8 Å². The molecule has 0 fully saturated rings. The number of rotatable bonds is 1. The molecule has 0 aliphatic heterocycles. The summed E-state index contributed by atoms with van der Waals surface area (Å²) in [5.41, 5.74) is 9.09. The van der Waals surface area contributed by atoms with E-state index < -0.39 is 0 Å². The van der Waals surface area contributed by atoms with Crippen molar-refractivity contribution < 1.29 is 0 Å². The van der Waals surface area contributed by atoms with Gasteiger partial charge in [0, 0.05) is 6.20 Å². The normalized spacial score (nSPS) is 10.3. The second kappa shape index (κ2) is 3.65. The quantitative estimate of drug-likeness (QED) is 0.761. The minimum Gasteiger partial charge on any atom is -0.396 e. The molecule has 2 heterocycles. The Hall–Kier alpha value is -1.97. The van der Waals surface area contributed by atoms with Gasteiger partial charge < -0.3 is 5.73 Å². The number of nitrogen functional groups attached to an aromatic ring is 1. The van der Waals surface area contributed by atoms with Crippen LogP contribution in [-0.2, 0) is 0 Å². The van der Waals surface area contributed by atoms with Crippen LogP contribution in [0.4, 0.5) is 5.69 Å². The Bertz CT molecular complexity index is 476. The molecule has 0 aliphatic rings. The molecule has 0 bridgehead atoms. The zero-order chi connectivity index (χ0) is 10.8. The molecule has 2 aromatic heterocycles. The van der Waals surface area contributed by atoms with Crippen LogP contribution in [0.5, 0.6) is 0 Å². The Morgan fingerprint density at radius 3 is 2.27 bits per heavy atom. The zero-order valence-corrected chi connectivity index (χ0v) is 8.73. The molecular weight excluding hydrogens is 188 g/mol. The molecule has 0 radical (unpaired) electrons. The summed E-state index contributed by atoms with van der Waals surface area (Å²) in [5.74, 6) is 0.613. The Morgan fingerprint density at radius 2 is 1.67 bits per heavy atom. The van der Waals surface area contributed by atoms with Crippen LogP contribution in [0.1, 0.15) is 11.1 Å². The molecule has 0 saturated carbocycles. The first-order valence-corrected chi connectivity index (χ1v) is 4.68. The van der Waals surface area contributed by atoms with E-state index in [0.29, 0.717) is 11.5 Å². The lowest BCUT2D eigenvalue weighted by atomic mass is 10.1. The van der Waals surface area contributed by atoms with E-state index in [9.17, 15) is 0 Å². The fourth-order valence-electron chi connectivity index (χ4n) is 1.41. The maximum Gasteiger partial charge on any atom is 0.178 e. The summed E-state index contributed by atoms with van der Waals surface area (Å²) in [6, 6.07) is 2.06. The minimum absolute atomic E-state index is 0.559. The van der Waals surface area contributed by atoms with Crippen molar-refractivity contribution in [1.29, 1.82) is 0 Å². The van der Waals surface area contributed by atoms with Crippen LogP contribution >= 0.6 is 0 Å². The maximum atomic E-state index is 5.52. The first-order valence-electron chi connectivity index (χ1n) is 4.68. The van der Waals surface area contributed by atoms with Crippen molar-refractivity contribution in [3.05, 3.63) is 35.8 Å². The van der Waals surface area contributed by atoms with Crippen LogP contribution in [0.15, 0.2) is 24.7 Å². The molecule has 2 aromatic rings. The maximum absolute atomic E-state index is 5.52. The van der Waals surface area contributed by atoms with E-state index in [-0.39, 0.29) is 0 Å². The van der Waals surface area contributed by atoms with Crippen molar-refractivity contribution in [3.63, 3.8) is 0 Å². The third kappa shape index (κ3) is 1.93. The Labute approximate surface area is 88.2 Å². The second-order valence-electron chi connectivity index (χ2n) is 3.52. The van der Waals surface area contributed by atoms with Gasteiger partial charge in [-0.05, 0) is 25.0 Å². The van der Waals surface area contributed by atoms with Crippen LogP contribution in [-0.4, -0.2) is 15.0 Å². The molecule has 76 valence electrons. The number of hydrogen-bond donors (Lipinski definition) is 1. The molecule has 2 rings (SSSR count). The summed E-state index contributed by atoms with van der Waals surface area (Å²) in [6.45, 7) is 4.00. The fraction of sp³-hybridized carbons (Fsp3) is 0.182. The topological polar surface area (TPSA) is 64.7 Å². The van der Waals surface area contributed by atoms with Gasteiger partial charge in [-0.25, -0.2) is 9.97 Å². The van der Waals surface area contributed by atoms with Gasteiger partial charge in [0.1, 0.15) is 5.69 Å². The molecule has 0 aliphatic carbocycles. The number of aromatic nitrogens is 3. The van der Waals surface area contributed by atoms with Crippen LogP contribution in [0.25, 0.3) is 11.5 Å². The highest BCUT2D eigenvalue weighted by Crippen LogP contribution is 2.17. The molecule has 0 saturated heterocycles. The van der Waals surface area contributed by atoms with Gasteiger partial charge in [-0.1, -0.05) is 6.07 Å². The van der Waals surface area contributed by atoms with Gasteiger partial charge in [-0.15, -0.1) is 0 Å². The van der Waals surface area contributed by atoms with E-state index in [2.05, 4.69) is 21.0 Å². The smallest absolute Gasteiger partial charge is 0.178 e. The Kier molecular flexibility index (Phi) is 2.33. The summed E-state index contributed by atoms with van der Waals surface area (Å²) in [6.07, 6.45) is 4.98. The number of hydrogen-bond acceptors (Lipinski definition) is 4. The van der Waals surface area contributed by atoms with Gasteiger partial charge in [0.25, 0.3) is 0 Å². The lowest BCUT2D eigenvalue weighted by Gasteiger charge is -2.03. The summed E-state index contributed by atoms with van der Waals surface area (Å²) < 4.78 is 0. The number of aryl methyl sites for hydroxylation is 2. The third-order valence-corrected chi connectivity index (χ3v) is 2.10. The highest BCUT2D eigenvalue weighted by atomic mass is 14.9. The van der Waals surface area contributed by atoms with E-state index >= 15 is 0 Å². The van der Waals surface area contributed by atoms with Crippen LogP contribution < -0.4 is 5.73 Å². The lowest BCUT2D eigenvalue weighted by Crippen LogP contribution is -1.96. The third-order valence-electron chi connectivity index (χ3n) is 2.10. The molecule has 0 aromatic carbocycles. The number of pyridine rings is 1. The summed E-state index contributed by atoms with van der Waals surface area (Å²) >= 11 is 0.